The molecule has 21 heavy (non-hydrogen) atoms. The first kappa shape index (κ1) is 13.8. The molecule has 3 rings (SSSR count). The van der Waals surface area contributed by atoms with Crippen molar-refractivity contribution in [2.75, 3.05) is 5.73 Å². The Bertz CT molecular complexity index is 685. The first-order valence-electron chi connectivity index (χ1n) is 7.57. The maximum absolute atomic E-state index is 6.34. The lowest BCUT2D eigenvalue weighted by Crippen LogP contribution is -2.09. The third-order valence-corrected chi connectivity index (χ3v) is 4.30. The minimum absolute atomic E-state index is 0.497. The first-order chi connectivity index (χ1) is 10.2. The molecule has 2 N–H and O–H groups in total. The molecule has 2 aromatic rings. The molecule has 1 saturated carbocycles. The zero-order valence-corrected chi connectivity index (χ0v) is 12.5. The average molecular weight is 279 g/mol. The zero-order chi connectivity index (χ0) is 14.8. The van der Waals surface area contributed by atoms with Gasteiger partial charge in [0, 0.05) is 11.5 Å². The molecule has 1 aliphatic rings. The highest BCUT2D eigenvalue weighted by molar-refractivity contribution is 5.71. The predicted molar refractivity (Wildman–Crippen MR) is 86.9 cm³/mol. The fraction of sp³-hybridized carbons (Fsp3) is 0.389. The van der Waals surface area contributed by atoms with Gasteiger partial charge >= 0.3 is 0 Å². The monoisotopic (exact) mass is 279 g/mol. The minimum Gasteiger partial charge on any atom is -0.383 e. The van der Waals surface area contributed by atoms with E-state index < -0.39 is 0 Å². The summed E-state index contributed by atoms with van der Waals surface area (Å²) >= 11 is 0. The van der Waals surface area contributed by atoms with Crippen LogP contribution in [0.4, 0.5) is 5.82 Å². The Morgan fingerprint density at radius 2 is 2.14 bits per heavy atom. The second-order valence-corrected chi connectivity index (χ2v) is 5.84. The van der Waals surface area contributed by atoms with E-state index in [4.69, 9.17) is 17.1 Å². The number of nitrogens with zero attached hydrogens (tertiary/aromatic N) is 2. The molecule has 0 bridgehead atoms. The number of rotatable bonds is 3. The highest BCUT2D eigenvalue weighted by Crippen LogP contribution is 2.37. The van der Waals surface area contributed by atoms with Crippen molar-refractivity contribution in [3.8, 4) is 23.6 Å². The summed E-state index contributed by atoms with van der Waals surface area (Å²) in [5.74, 6) is 4.97. The predicted octanol–water partition coefficient (Wildman–Crippen LogP) is 3.73. The van der Waals surface area contributed by atoms with Crippen LogP contribution in [0.25, 0.3) is 11.3 Å². The van der Waals surface area contributed by atoms with Crippen molar-refractivity contribution in [3.05, 3.63) is 35.7 Å². The van der Waals surface area contributed by atoms with E-state index in [1.54, 1.807) is 0 Å². The maximum Gasteiger partial charge on any atom is 0.132 e. The number of nitrogen functional groups attached to an aromatic ring is 1. The summed E-state index contributed by atoms with van der Waals surface area (Å²) in [5, 5.41) is 0. The Balaban J connectivity index is 2.09. The van der Waals surface area contributed by atoms with E-state index in [9.17, 15) is 0 Å². The molecule has 0 atom stereocenters. The smallest absolute Gasteiger partial charge is 0.132 e. The fourth-order valence-electron chi connectivity index (χ4n) is 3.24. The molecule has 0 aliphatic heterocycles. The molecule has 0 saturated heterocycles. The Hall–Kier alpha value is -2.21. The zero-order valence-electron chi connectivity index (χ0n) is 12.5. The van der Waals surface area contributed by atoms with Crippen molar-refractivity contribution in [1.82, 2.24) is 9.55 Å². The Labute approximate surface area is 126 Å². The van der Waals surface area contributed by atoms with E-state index in [1.165, 1.54) is 31.2 Å². The van der Waals surface area contributed by atoms with Gasteiger partial charge in [0.2, 0.25) is 0 Å². The molecule has 0 unspecified atom stereocenters. The van der Waals surface area contributed by atoms with Gasteiger partial charge in [-0.05, 0) is 25.8 Å². The lowest BCUT2D eigenvalue weighted by molar-refractivity contribution is 0.622. The number of anilines is 1. The number of aromatic nitrogens is 2. The summed E-state index contributed by atoms with van der Waals surface area (Å²) in [6, 6.07) is 8.30. The van der Waals surface area contributed by atoms with E-state index in [2.05, 4.69) is 31.0 Å². The van der Waals surface area contributed by atoms with Gasteiger partial charge in [-0.2, -0.15) is 0 Å². The van der Waals surface area contributed by atoms with Crippen LogP contribution >= 0.6 is 0 Å². The molecule has 1 aromatic carbocycles. The van der Waals surface area contributed by atoms with Gasteiger partial charge in [-0.25, -0.2) is 4.98 Å². The lowest BCUT2D eigenvalue weighted by Gasteiger charge is -2.11. The van der Waals surface area contributed by atoms with E-state index in [-0.39, 0.29) is 0 Å². The maximum atomic E-state index is 6.34. The minimum atomic E-state index is 0.497. The quantitative estimate of drug-likeness (QED) is 0.870. The number of hydrogen-bond donors (Lipinski definition) is 1. The first-order valence-corrected chi connectivity index (χ1v) is 7.57. The van der Waals surface area contributed by atoms with E-state index >= 15 is 0 Å². The summed E-state index contributed by atoms with van der Waals surface area (Å²) in [7, 11) is 0. The summed E-state index contributed by atoms with van der Waals surface area (Å²) in [5.41, 5.74) is 9.50. The van der Waals surface area contributed by atoms with Crippen molar-refractivity contribution in [1.29, 1.82) is 0 Å². The normalized spacial score (nSPS) is 15.2. The summed E-state index contributed by atoms with van der Waals surface area (Å²) in [6.45, 7) is 2.58. The van der Waals surface area contributed by atoms with Gasteiger partial charge in [-0.15, -0.1) is 6.42 Å². The van der Waals surface area contributed by atoms with Gasteiger partial charge in [-0.1, -0.05) is 42.5 Å². The number of terminal acetylenes is 1. The van der Waals surface area contributed by atoms with Crippen molar-refractivity contribution in [3.63, 3.8) is 0 Å². The molecule has 1 aliphatic carbocycles. The molecular weight excluding hydrogens is 258 g/mol. The second kappa shape index (κ2) is 5.65. The Morgan fingerprint density at radius 3 is 2.81 bits per heavy atom. The SMILES string of the molecule is C#CCn1c(C2CCCC2)nc(-c2cccc(C)c2)c1N. The lowest BCUT2D eigenvalue weighted by atomic mass is 10.1. The van der Waals surface area contributed by atoms with E-state index in [0.29, 0.717) is 18.3 Å². The number of imidazole rings is 1. The highest BCUT2D eigenvalue weighted by Gasteiger charge is 2.25. The molecule has 1 aromatic heterocycles. The van der Waals surface area contributed by atoms with E-state index in [0.717, 1.165) is 17.1 Å². The van der Waals surface area contributed by atoms with Gasteiger partial charge in [0.15, 0.2) is 0 Å². The topological polar surface area (TPSA) is 43.8 Å². The second-order valence-electron chi connectivity index (χ2n) is 5.84. The average Bonchev–Trinajstić information content (AvgIpc) is 3.09. The number of aryl methyl sites for hydroxylation is 1. The largest absolute Gasteiger partial charge is 0.383 e. The molecule has 1 fully saturated rings. The molecule has 3 heteroatoms. The third-order valence-electron chi connectivity index (χ3n) is 4.30. The van der Waals surface area contributed by atoms with Crippen LogP contribution in [0, 0.1) is 19.3 Å². The Kier molecular flexibility index (Phi) is 3.70. The van der Waals surface area contributed by atoms with Crippen LogP contribution in [0.3, 0.4) is 0 Å². The number of nitrogens with two attached hydrogens (primary N) is 1. The molecule has 0 radical (unpaired) electrons. The van der Waals surface area contributed by atoms with Crippen molar-refractivity contribution in [2.45, 2.75) is 45.1 Å². The van der Waals surface area contributed by atoms with Gasteiger partial charge in [0.1, 0.15) is 17.3 Å². The Morgan fingerprint density at radius 1 is 1.38 bits per heavy atom. The van der Waals surface area contributed by atoms with Crippen LogP contribution in [0.2, 0.25) is 0 Å². The summed E-state index contributed by atoms with van der Waals surface area (Å²) in [4.78, 5) is 4.86. The number of benzene rings is 1. The molecule has 0 spiro atoms. The standard InChI is InChI=1S/C18H21N3/c1-3-11-21-17(19)16(15-10-6-7-13(2)12-15)20-18(21)14-8-4-5-9-14/h1,6-7,10,12,14H,4-5,8-9,11,19H2,2H3. The van der Waals surface area contributed by atoms with Gasteiger partial charge in [0.05, 0.1) is 6.54 Å². The van der Waals surface area contributed by atoms with Crippen molar-refractivity contribution < 1.29 is 0 Å². The van der Waals surface area contributed by atoms with Crippen molar-refractivity contribution in [2.24, 2.45) is 0 Å². The molecule has 108 valence electrons. The van der Waals surface area contributed by atoms with Crippen LogP contribution in [-0.2, 0) is 6.54 Å². The molecule has 3 nitrogen and oxygen atoms in total. The van der Waals surface area contributed by atoms with Gasteiger partial charge < -0.3 is 10.3 Å². The summed E-state index contributed by atoms with van der Waals surface area (Å²) in [6.07, 6.45) is 10.4. The van der Waals surface area contributed by atoms with Crippen LogP contribution in [0.15, 0.2) is 24.3 Å². The van der Waals surface area contributed by atoms with Crippen LogP contribution in [0.1, 0.15) is 43.0 Å². The van der Waals surface area contributed by atoms with Crippen LogP contribution in [0.5, 0.6) is 0 Å². The highest BCUT2D eigenvalue weighted by atomic mass is 15.1. The molecular formula is C18H21N3. The van der Waals surface area contributed by atoms with Crippen LogP contribution in [-0.4, -0.2) is 9.55 Å². The third kappa shape index (κ3) is 2.54. The summed E-state index contributed by atoms with van der Waals surface area (Å²) < 4.78 is 2.02. The van der Waals surface area contributed by atoms with Gasteiger partial charge in [-0.3, -0.25) is 0 Å². The fourth-order valence-corrected chi connectivity index (χ4v) is 3.24. The van der Waals surface area contributed by atoms with Gasteiger partial charge in [0.25, 0.3) is 0 Å². The molecule has 0 amide bonds. The van der Waals surface area contributed by atoms with Crippen LogP contribution < -0.4 is 5.73 Å². The molecule has 1 heterocycles. The van der Waals surface area contributed by atoms with Crippen molar-refractivity contribution >= 4 is 5.82 Å². The number of hydrogen-bond acceptors (Lipinski definition) is 2. The van der Waals surface area contributed by atoms with E-state index in [1.807, 2.05) is 10.6 Å².